The number of rotatable bonds is 4. The zero-order valence-corrected chi connectivity index (χ0v) is 14.3. The third-order valence-corrected chi connectivity index (χ3v) is 4.07. The van der Waals surface area contributed by atoms with E-state index in [4.69, 9.17) is 19.3 Å². The number of aromatic nitrogens is 1. The lowest BCUT2D eigenvalue weighted by Crippen LogP contribution is -2.22. The zero-order valence-electron chi connectivity index (χ0n) is 14.3. The van der Waals surface area contributed by atoms with Crippen molar-refractivity contribution in [3.63, 3.8) is 0 Å². The first-order valence-electron chi connectivity index (χ1n) is 8.37. The van der Waals surface area contributed by atoms with E-state index in [0.717, 1.165) is 5.56 Å². The molecule has 1 aromatic heterocycles. The molecule has 3 aromatic rings. The Bertz CT molecular complexity index is 1040. The Labute approximate surface area is 155 Å². The highest BCUT2D eigenvalue weighted by Gasteiger charge is 2.15. The van der Waals surface area contributed by atoms with Gasteiger partial charge >= 0.3 is 0 Å². The number of carbonyl (C=O) groups is 1. The molecule has 0 fully saturated rings. The molecule has 4 rings (SSSR count). The molecule has 1 aliphatic rings. The van der Waals surface area contributed by atoms with E-state index < -0.39 is 0 Å². The third kappa shape index (κ3) is 3.60. The van der Waals surface area contributed by atoms with Gasteiger partial charge in [0.05, 0.1) is 18.2 Å². The van der Waals surface area contributed by atoms with Crippen LogP contribution in [0.5, 0.6) is 11.5 Å². The van der Waals surface area contributed by atoms with Crippen molar-refractivity contribution in [3.05, 3.63) is 65.4 Å². The molecule has 1 N–H and O–H groups in total. The summed E-state index contributed by atoms with van der Waals surface area (Å²) < 4.78 is 16.5. The fourth-order valence-corrected chi connectivity index (χ4v) is 2.73. The van der Waals surface area contributed by atoms with E-state index in [2.05, 4.69) is 10.5 Å². The smallest absolute Gasteiger partial charge is 0.251 e. The highest BCUT2D eigenvalue weighted by Crippen LogP contribution is 2.34. The third-order valence-electron chi connectivity index (χ3n) is 4.07. The summed E-state index contributed by atoms with van der Waals surface area (Å²) in [6, 6.07) is 15.8. The summed E-state index contributed by atoms with van der Waals surface area (Å²) in [5.74, 6) is 1.66. The average Bonchev–Trinajstić information content (AvgIpc) is 3.20. The van der Waals surface area contributed by atoms with Crippen LogP contribution in [0.1, 0.15) is 21.6 Å². The fourth-order valence-electron chi connectivity index (χ4n) is 2.73. The molecule has 7 nitrogen and oxygen atoms in total. The van der Waals surface area contributed by atoms with E-state index in [1.165, 1.54) is 0 Å². The molecule has 0 radical (unpaired) electrons. The molecular weight excluding hydrogens is 346 g/mol. The molecule has 0 saturated carbocycles. The average molecular weight is 361 g/mol. The minimum atomic E-state index is -0.282. The van der Waals surface area contributed by atoms with Crippen LogP contribution in [0, 0.1) is 11.3 Å². The number of carbonyl (C=O) groups excluding carboxylic acids is 1. The second-order valence-electron chi connectivity index (χ2n) is 5.92. The van der Waals surface area contributed by atoms with Gasteiger partial charge < -0.3 is 19.3 Å². The summed E-state index contributed by atoms with van der Waals surface area (Å²) in [5.41, 5.74) is 2.25. The van der Waals surface area contributed by atoms with Gasteiger partial charge in [-0.3, -0.25) is 4.79 Å². The van der Waals surface area contributed by atoms with Gasteiger partial charge in [-0.05, 0) is 36.4 Å². The summed E-state index contributed by atoms with van der Waals surface area (Å²) in [6.07, 6.45) is 0. The minimum absolute atomic E-state index is 0.212. The first-order valence-corrected chi connectivity index (χ1v) is 8.37. The van der Waals surface area contributed by atoms with Crippen LogP contribution in [0.25, 0.3) is 11.3 Å². The lowest BCUT2D eigenvalue weighted by Gasteiger charge is -2.18. The maximum Gasteiger partial charge on any atom is 0.251 e. The van der Waals surface area contributed by atoms with Gasteiger partial charge in [-0.1, -0.05) is 11.2 Å². The Morgan fingerprint density at radius 1 is 1.11 bits per heavy atom. The second-order valence-corrected chi connectivity index (χ2v) is 5.92. The van der Waals surface area contributed by atoms with Gasteiger partial charge in [-0.15, -0.1) is 0 Å². The lowest BCUT2D eigenvalue weighted by molar-refractivity contribution is 0.0950. The van der Waals surface area contributed by atoms with Crippen LogP contribution in [-0.2, 0) is 6.54 Å². The van der Waals surface area contributed by atoms with Crippen LogP contribution in [0.2, 0.25) is 0 Å². The number of hydrogen-bond acceptors (Lipinski definition) is 6. The highest BCUT2D eigenvalue weighted by atomic mass is 16.6. The Morgan fingerprint density at radius 2 is 1.96 bits per heavy atom. The summed E-state index contributed by atoms with van der Waals surface area (Å²) in [4.78, 5) is 12.2. The maximum atomic E-state index is 12.2. The van der Waals surface area contributed by atoms with Gasteiger partial charge in [-0.2, -0.15) is 5.26 Å². The summed E-state index contributed by atoms with van der Waals surface area (Å²) in [6.45, 7) is 1.26. The van der Waals surface area contributed by atoms with E-state index in [0.29, 0.717) is 47.3 Å². The van der Waals surface area contributed by atoms with Crippen molar-refractivity contribution in [3.8, 4) is 28.9 Å². The SMILES string of the molecule is N#Cc1cccc(C(=O)NCc2cc(-c3ccc4c(c3)OCCO4)on2)c1. The lowest BCUT2D eigenvalue weighted by atomic mass is 10.1. The number of nitriles is 1. The molecule has 0 unspecified atom stereocenters. The quantitative estimate of drug-likeness (QED) is 0.767. The first kappa shape index (κ1) is 16.7. The van der Waals surface area contributed by atoms with Crippen molar-refractivity contribution in [2.45, 2.75) is 6.54 Å². The van der Waals surface area contributed by atoms with Crippen LogP contribution in [-0.4, -0.2) is 24.3 Å². The number of hydrogen-bond donors (Lipinski definition) is 1. The maximum absolute atomic E-state index is 12.2. The molecule has 0 bridgehead atoms. The van der Waals surface area contributed by atoms with E-state index in [1.54, 1.807) is 30.3 Å². The van der Waals surface area contributed by atoms with Crippen molar-refractivity contribution < 1.29 is 18.8 Å². The predicted octanol–water partition coefficient (Wildman–Crippen LogP) is 2.91. The van der Waals surface area contributed by atoms with Crippen molar-refractivity contribution >= 4 is 5.91 Å². The molecule has 0 spiro atoms. The zero-order chi connectivity index (χ0) is 18.6. The van der Waals surface area contributed by atoms with Gasteiger partial charge in [0.25, 0.3) is 5.91 Å². The van der Waals surface area contributed by atoms with E-state index in [1.807, 2.05) is 24.3 Å². The highest BCUT2D eigenvalue weighted by molar-refractivity contribution is 5.94. The molecule has 0 saturated heterocycles. The monoisotopic (exact) mass is 361 g/mol. The molecule has 1 amide bonds. The summed E-state index contributed by atoms with van der Waals surface area (Å²) in [5, 5.41) is 15.7. The summed E-state index contributed by atoms with van der Waals surface area (Å²) in [7, 11) is 0. The normalized spacial score (nSPS) is 12.3. The van der Waals surface area contributed by atoms with E-state index in [-0.39, 0.29) is 12.5 Å². The van der Waals surface area contributed by atoms with Crippen molar-refractivity contribution in [2.75, 3.05) is 13.2 Å². The van der Waals surface area contributed by atoms with Crippen molar-refractivity contribution in [2.24, 2.45) is 0 Å². The molecule has 7 heteroatoms. The van der Waals surface area contributed by atoms with Crippen LogP contribution < -0.4 is 14.8 Å². The van der Waals surface area contributed by atoms with E-state index >= 15 is 0 Å². The molecule has 134 valence electrons. The molecule has 1 aliphatic heterocycles. The Balaban J connectivity index is 1.44. The first-order chi connectivity index (χ1) is 13.2. The standard InChI is InChI=1S/C20H15N3O4/c21-11-13-2-1-3-15(8-13)20(24)22-12-16-10-18(27-23-16)14-4-5-17-19(9-14)26-7-6-25-17/h1-5,8-10H,6-7,12H2,(H,22,24). The number of nitrogens with one attached hydrogen (secondary N) is 1. The van der Waals surface area contributed by atoms with Crippen molar-refractivity contribution in [1.82, 2.24) is 10.5 Å². The summed E-state index contributed by atoms with van der Waals surface area (Å²) >= 11 is 0. The Kier molecular flexibility index (Phi) is 4.45. The Hall–Kier alpha value is -3.79. The van der Waals surface area contributed by atoms with Gasteiger partial charge in [-0.25, -0.2) is 0 Å². The van der Waals surface area contributed by atoms with Gasteiger partial charge in [0.1, 0.15) is 18.9 Å². The van der Waals surface area contributed by atoms with Gasteiger partial charge in [0.2, 0.25) is 0 Å². The number of fused-ring (bicyclic) bond motifs is 1. The molecule has 0 aliphatic carbocycles. The van der Waals surface area contributed by atoms with Crippen LogP contribution >= 0.6 is 0 Å². The van der Waals surface area contributed by atoms with Gasteiger partial charge in [0, 0.05) is 17.2 Å². The molecule has 0 atom stereocenters. The number of ether oxygens (including phenoxy) is 2. The van der Waals surface area contributed by atoms with Crippen LogP contribution in [0.15, 0.2) is 53.1 Å². The minimum Gasteiger partial charge on any atom is -0.486 e. The topological polar surface area (TPSA) is 97.4 Å². The molecule has 2 heterocycles. The molecule has 2 aromatic carbocycles. The van der Waals surface area contributed by atoms with Gasteiger partial charge in [0.15, 0.2) is 17.3 Å². The number of amides is 1. The number of benzene rings is 2. The van der Waals surface area contributed by atoms with Crippen LogP contribution in [0.3, 0.4) is 0 Å². The van der Waals surface area contributed by atoms with Crippen molar-refractivity contribution in [1.29, 1.82) is 5.26 Å². The largest absolute Gasteiger partial charge is 0.486 e. The Morgan fingerprint density at radius 3 is 2.81 bits per heavy atom. The van der Waals surface area contributed by atoms with Crippen LogP contribution in [0.4, 0.5) is 0 Å². The fraction of sp³-hybridized carbons (Fsp3) is 0.150. The van der Waals surface area contributed by atoms with E-state index in [9.17, 15) is 4.79 Å². The molecular formula is C20H15N3O4. The molecule has 27 heavy (non-hydrogen) atoms. The predicted molar refractivity (Wildman–Crippen MR) is 95.3 cm³/mol. The number of nitrogens with zero attached hydrogens (tertiary/aromatic N) is 2. The second kappa shape index (κ2) is 7.22.